The number of nitrogens with zero attached hydrogens (tertiary/aromatic N) is 2. The fraction of sp³-hybridized carbons (Fsp3) is 0.571. The predicted molar refractivity (Wildman–Crippen MR) is 174 cm³/mol. The normalized spacial score (nSPS) is 17.9. The van der Waals surface area contributed by atoms with Gasteiger partial charge in [0.15, 0.2) is 18.5 Å². The minimum Gasteiger partial charge on any atom is -0.493 e. The molecule has 2 heterocycles. The maximum atomic E-state index is 13.6. The van der Waals surface area contributed by atoms with Crippen LogP contribution in [0.15, 0.2) is 48.5 Å². The molecule has 48 heavy (non-hydrogen) atoms. The molecule has 2 aliphatic heterocycles. The average molecular weight is 677 g/mol. The van der Waals surface area contributed by atoms with E-state index in [9.17, 15) is 18.8 Å². The molecule has 0 aromatic heterocycles. The van der Waals surface area contributed by atoms with Crippen LogP contribution in [0.3, 0.4) is 0 Å². The van der Waals surface area contributed by atoms with Gasteiger partial charge in [0.25, 0.3) is 0 Å². The van der Waals surface area contributed by atoms with Crippen molar-refractivity contribution in [1.82, 2.24) is 9.80 Å². The lowest BCUT2D eigenvalue weighted by Gasteiger charge is -2.41. The Morgan fingerprint density at radius 3 is 1.96 bits per heavy atom. The number of carboxylic acid groups (broad SMARTS) is 2. The van der Waals surface area contributed by atoms with Crippen LogP contribution < -0.4 is 4.74 Å². The number of benzene rings is 2. The number of aliphatic hydroxyl groups is 2. The Hall–Kier alpha value is -3.62. The first kappa shape index (κ1) is 38.8. The summed E-state index contributed by atoms with van der Waals surface area (Å²) in [6.07, 6.45) is -0.676. The Labute approximate surface area is 281 Å². The van der Waals surface area contributed by atoms with Gasteiger partial charge in [0, 0.05) is 38.1 Å². The van der Waals surface area contributed by atoms with Crippen LogP contribution in [0.2, 0.25) is 0 Å². The van der Waals surface area contributed by atoms with E-state index < -0.39 is 24.1 Å². The van der Waals surface area contributed by atoms with Crippen molar-refractivity contribution in [3.05, 3.63) is 65.5 Å². The van der Waals surface area contributed by atoms with E-state index in [4.69, 9.17) is 34.6 Å². The first-order valence-corrected chi connectivity index (χ1v) is 16.4. The van der Waals surface area contributed by atoms with Gasteiger partial charge in [0.05, 0.1) is 26.2 Å². The van der Waals surface area contributed by atoms with E-state index in [2.05, 4.69) is 25.7 Å². The number of aliphatic hydroxyl groups excluding tert-OH is 2. The van der Waals surface area contributed by atoms with Crippen LogP contribution in [0.25, 0.3) is 0 Å². The Bertz CT molecular complexity index is 1260. The number of carbonyl (C=O) groups excluding carboxylic acids is 1. The quantitative estimate of drug-likeness (QED) is 0.232. The highest BCUT2D eigenvalue weighted by Gasteiger charge is 2.31. The Morgan fingerprint density at radius 2 is 1.44 bits per heavy atom. The number of aliphatic carboxylic acids is 2. The Kier molecular flexibility index (Phi) is 15.7. The summed E-state index contributed by atoms with van der Waals surface area (Å²) in [6.45, 7) is 11.0. The van der Waals surface area contributed by atoms with Gasteiger partial charge in [-0.3, -0.25) is 4.79 Å². The number of amides is 1. The second-order valence-electron chi connectivity index (χ2n) is 12.6. The predicted octanol–water partition coefficient (Wildman–Crippen LogP) is 3.32. The molecule has 1 amide bonds. The molecule has 2 aromatic carbocycles. The van der Waals surface area contributed by atoms with E-state index in [1.54, 1.807) is 12.1 Å². The molecule has 0 spiro atoms. The number of hydrogen-bond acceptors (Lipinski definition) is 9. The highest BCUT2D eigenvalue weighted by molar-refractivity contribution is 5.83. The highest BCUT2D eigenvalue weighted by Crippen LogP contribution is 2.24. The van der Waals surface area contributed by atoms with E-state index in [-0.39, 0.29) is 24.1 Å². The van der Waals surface area contributed by atoms with Crippen LogP contribution in [-0.2, 0) is 36.8 Å². The first-order chi connectivity index (χ1) is 22.8. The van der Waals surface area contributed by atoms with Crippen molar-refractivity contribution in [2.45, 2.75) is 90.0 Å². The van der Waals surface area contributed by atoms with Gasteiger partial charge in [-0.25, -0.2) is 14.0 Å². The fourth-order valence-corrected chi connectivity index (χ4v) is 5.46. The van der Waals surface area contributed by atoms with Gasteiger partial charge in [-0.1, -0.05) is 38.1 Å². The number of halogens is 1. The van der Waals surface area contributed by atoms with Crippen LogP contribution in [0.4, 0.5) is 4.39 Å². The minimum atomic E-state index is -2.27. The fourth-order valence-electron chi connectivity index (χ4n) is 5.46. The molecule has 2 fully saturated rings. The summed E-state index contributed by atoms with van der Waals surface area (Å²) in [4.78, 5) is 37.7. The van der Waals surface area contributed by atoms with Crippen LogP contribution in [0.5, 0.6) is 5.75 Å². The lowest BCUT2D eigenvalue weighted by Crippen LogP contribution is -2.50. The van der Waals surface area contributed by atoms with Gasteiger partial charge in [0.1, 0.15) is 11.6 Å². The molecule has 13 heteroatoms. The zero-order valence-corrected chi connectivity index (χ0v) is 27.9. The van der Waals surface area contributed by atoms with Crippen LogP contribution >= 0.6 is 0 Å². The molecule has 3 unspecified atom stereocenters. The molecular weight excluding hydrogens is 627 g/mol. The second kappa shape index (κ2) is 19.4. The largest absolute Gasteiger partial charge is 0.493 e. The van der Waals surface area contributed by atoms with Crippen LogP contribution in [-0.4, -0.2) is 112 Å². The summed E-state index contributed by atoms with van der Waals surface area (Å²) in [5.41, 5.74) is 1.91. The lowest BCUT2D eigenvalue weighted by molar-refractivity contribution is -0.187. The molecule has 3 atom stereocenters. The zero-order valence-electron chi connectivity index (χ0n) is 27.9. The number of ether oxygens (including phenoxy) is 3. The lowest BCUT2D eigenvalue weighted by atomic mass is 9.99. The molecule has 4 N–H and O–H groups in total. The van der Waals surface area contributed by atoms with E-state index in [0.717, 1.165) is 68.9 Å². The van der Waals surface area contributed by atoms with Gasteiger partial charge in [-0.2, -0.15) is 0 Å². The molecule has 0 radical (unpaired) electrons. The van der Waals surface area contributed by atoms with Crippen molar-refractivity contribution in [2.24, 2.45) is 5.92 Å². The third-order valence-corrected chi connectivity index (χ3v) is 8.25. The molecule has 12 nitrogen and oxygen atoms in total. The maximum absolute atomic E-state index is 13.6. The molecule has 0 aliphatic carbocycles. The second-order valence-corrected chi connectivity index (χ2v) is 12.6. The molecule has 266 valence electrons. The van der Waals surface area contributed by atoms with Crippen molar-refractivity contribution in [3.63, 3.8) is 0 Å². The minimum absolute atomic E-state index is 0.0978. The summed E-state index contributed by atoms with van der Waals surface area (Å²) < 4.78 is 30.8. The molecular formula is C35H49FN2O10. The average Bonchev–Trinajstić information content (AvgIpc) is 3.07. The summed E-state index contributed by atoms with van der Waals surface area (Å²) in [5.74, 6) is -2.42. The van der Waals surface area contributed by atoms with Gasteiger partial charge in [-0.05, 0) is 67.5 Å². The van der Waals surface area contributed by atoms with Crippen molar-refractivity contribution >= 4 is 17.8 Å². The first-order valence-electron chi connectivity index (χ1n) is 16.4. The third-order valence-electron chi connectivity index (χ3n) is 8.25. The number of hydrogen-bond donors (Lipinski definition) is 4. The summed E-state index contributed by atoms with van der Waals surface area (Å²) in [5, 5.41) is 32.5. The summed E-state index contributed by atoms with van der Waals surface area (Å²) in [6, 6.07) is 14.8. The Balaban J connectivity index is 0.000000542. The molecule has 2 aliphatic rings. The van der Waals surface area contributed by atoms with Crippen molar-refractivity contribution < 1.29 is 53.4 Å². The van der Waals surface area contributed by atoms with Gasteiger partial charge in [0.2, 0.25) is 5.91 Å². The van der Waals surface area contributed by atoms with Crippen molar-refractivity contribution in [1.29, 1.82) is 0 Å². The van der Waals surface area contributed by atoms with Gasteiger partial charge >= 0.3 is 11.9 Å². The summed E-state index contributed by atoms with van der Waals surface area (Å²) in [7, 11) is 0. The zero-order chi connectivity index (χ0) is 35.2. The smallest absolute Gasteiger partial charge is 0.335 e. The number of likely N-dealkylation sites (tertiary alicyclic amines) is 1. The molecule has 2 saturated heterocycles. The molecule has 0 saturated carbocycles. The van der Waals surface area contributed by atoms with Gasteiger partial charge < -0.3 is 44.4 Å². The molecule has 0 bridgehead atoms. The van der Waals surface area contributed by atoms with E-state index in [1.165, 1.54) is 12.1 Å². The topological polar surface area (TPSA) is 166 Å². The SMILES string of the molecule is CC(C)COc1ccc(CC(=O)N(Cc2ccc(F)cc2)C2CCN(C(C)CC3OCCCO3)CC2)cc1.O=C(O)C(O)C(O)C(=O)O. The number of rotatable bonds is 14. The van der Waals surface area contributed by atoms with E-state index in [0.29, 0.717) is 31.5 Å². The van der Waals surface area contributed by atoms with Crippen molar-refractivity contribution in [2.75, 3.05) is 32.9 Å². The van der Waals surface area contributed by atoms with E-state index in [1.807, 2.05) is 29.2 Å². The maximum Gasteiger partial charge on any atom is 0.335 e. The van der Waals surface area contributed by atoms with Crippen LogP contribution in [0, 0.1) is 11.7 Å². The third kappa shape index (κ3) is 12.8. The van der Waals surface area contributed by atoms with Gasteiger partial charge in [-0.15, -0.1) is 0 Å². The van der Waals surface area contributed by atoms with Crippen LogP contribution in [0.1, 0.15) is 57.6 Å². The van der Waals surface area contributed by atoms with Crippen molar-refractivity contribution in [3.8, 4) is 5.75 Å². The molecule has 2 aromatic rings. The number of piperidine rings is 1. The molecule has 4 rings (SSSR count). The number of carbonyl (C=O) groups is 3. The summed E-state index contributed by atoms with van der Waals surface area (Å²) >= 11 is 0. The Morgan fingerprint density at radius 1 is 0.896 bits per heavy atom. The number of carboxylic acids is 2. The monoisotopic (exact) mass is 676 g/mol. The highest BCUT2D eigenvalue weighted by atomic mass is 19.1. The standard InChI is InChI=1S/C31H43FN2O4.C4H6O6/c1-23(2)22-38-29-11-7-25(8-12-29)20-30(35)34(21-26-5-9-27(32)10-6-26)28-13-15-33(16-14-28)24(3)19-31-36-17-4-18-37-31;5-1(3(7)8)2(6)4(9)10/h5-12,23-24,28,31H,4,13-22H2,1-3H3;1-2,5-6H,(H,7,8)(H,9,10). The van der Waals surface area contributed by atoms with E-state index >= 15 is 0 Å².